The number of H-pyrrole nitrogens is 1. The van der Waals surface area contributed by atoms with E-state index in [0.717, 1.165) is 16.6 Å². The number of aryl methyl sites for hydroxylation is 1. The zero-order valence-corrected chi connectivity index (χ0v) is 12.3. The minimum absolute atomic E-state index is 0.0173. The summed E-state index contributed by atoms with van der Waals surface area (Å²) < 4.78 is 0. The number of imidazole rings is 1. The van der Waals surface area contributed by atoms with Gasteiger partial charge in [0, 0.05) is 12.1 Å². The summed E-state index contributed by atoms with van der Waals surface area (Å²) in [5, 5.41) is 20.2. The Morgan fingerprint density at radius 1 is 1.35 bits per heavy atom. The van der Waals surface area contributed by atoms with Crippen LogP contribution in [0.25, 0.3) is 22.7 Å². The predicted molar refractivity (Wildman–Crippen MR) is 87.4 cm³/mol. The van der Waals surface area contributed by atoms with E-state index in [-0.39, 0.29) is 5.69 Å². The van der Waals surface area contributed by atoms with Crippen molar-refractivity contribution in [2.75, 3.05) is 0 Å². The molecule has 0 unspecified atom stereocenters. The van der Waals surface area contributed by atoms with Gasteiger partial charge in [-0.25, -0.2) is 4.98 Å². The van der Waals surface area contributed by atoms with Crippen LogP contribution in [-0.2, 0) is 0 Å². The maximum Gasteiger partial charge on any atom is 0.270 e. The second-order valence-electron chi connectivity index (χ2n) is 5.13. The first-order chi connectivity index (χ1) is 11.1. The van der Waals surface area contributed by atoms with Crippen LogP contribution in [0.4, 0.5) is 5.69 Å². The number of hydrogen-bond donors (Lipinski definition) is 1. The molecule has 0 spiro atoms. The maximum atomic E-state index is 10.8. The SMILES string of the molecule is Cc1ccc2nc(/C(C#N)=C\c3cccc([N+](=O)[O-])c3)[nH]c2c1. The fourth-order valence-corrected chi connectivity index (χ4v) is 2.30. The van der Waals surface area contributed by atoms with Crippen molar-refractivity contribution in [1.29, 1.82) is 5.26 Å². The average Bonchev–Trinajstić information content (AvgIpc) is 2.95. The highest BCUT2D eigenvalue weighted by Crippen LogP contribution is 2.21. The molecule has 0 aliphatic carbocycles. The van der Waals surface area contributed by atoms with Crippen molar-refractivity contribution < 1.29 is 4.92 Å². The number of aromatic nitrogens is 2. The molecule has 0 aliphatic rings. The molecule has 1 heterocycles. The Balaban J connectivity index is 2.05. The molecule has 0 saturated heterocycles. The van der Waals surface area contributed by atoms with E-state index in [9.17, 15) is 15.4 Å². The molecule has 1 aromatic heterocycles. The Morgan fingerprint density at radius 3 is 2.91 bits per heavy atom. The summed E-state index contributed by atoms with van der Waals surface area (Å²) in [5.41, 5.74) is 3.59. The average molecular weight is 304 g/mol. The standard InChI is InChI=1S/C17H12N4O2/c1-11-5-6-15-16(7-11)20-17(19-15)13(10-18)8-12-3-2-4-14(9-12)21(22)23/h2-9H,1H3,(H,19,20)/b13-8-. The first kappa shape index (κ1) is 14.5. The molecular weight excluding hydrogens is 292 g/mol. The van der Waals surface area contributed by atoms with Gasteiger partial charge in [-0.15, -0.1) is 0 Å². The predicted octanol–water partition coefficient (Wildman–Crippen LogP) is 3.84. The first-order valence-corrected chi connectivity index (χ1v) is 6.90. The minimum Gasteiger partial charge on any atom is -0.337 e. The number of allylic oxidation sites excluding steroid dienone is 1. The molecule has 0 aliphatic heterocycles. The van der Waals surface area contributed by atoms with E-state index in [1.54, 1.807) is 18.2 Å². The van der Waals surface area contributed by atoms with Crippen molar-refractivity contribution in [3.63, 3.8) is 0 Å². The van der Waals surface area contributed by atoms with Gasteiger partial charge in [0.2, 0.25) is 0 Å². The van der Waals surface area contributed by atoms with Crippen molar-refractivity contribution in [2.45, 2.75) is 6.92 Å². The number of nitrogens with one attached hydrogen (secondary N) is 1. The lowest BCUT2D eigenvalue weighted by atomic mass is 10.1. The molecule has 6 heteroatoms. The lowest BCUT2D eigenvalue weighted by molar-refractivity contribution is -0.384. The molecule has 1 N–H and O–H groups in total. The fourth-order valence-electron chi connectivity index (χ4n) is 2.30. The van der Waals surface area contributed by atoms with Gasteiger partial charge in [-0.2, -0.15) is 5.26 Å². The monoisotopic (exact) mass is 304 g/mol. The molecular formula is C17H12N4O2. The minimum atomic E-state index is -0.465. The largest absolute Gasteiger partial charge is 0.337 e. The normalized spacial score (nSPS) is 11.4. The molecule has 0 fully saturated rings. The quantitative estimate of drug-likeness (QED) is 0.451. The topological polar surface area (TPSA) is 95.6 Å². The summed E-state index contributed by atoms with van der Waals surface area (Å²) in [5.74, 6) is 0.444. The summed E-state index contributed by atoms with van der Waals surface area (Å²) >= 11 is 0. The Labute approximate surface area is 131 Å². The number of rotatable bonds is 3. The van der Waals surface area contributed by atoms with Crippen molar-refractivity contribution in [1.82, 2.24) is 9.97 Å². The van der Waals surface area contributed by atoms with E-state index < -0.39 is 4.92 Å². The third kappa shape index (κ3) is 2.94. The Kier molecular flexibility index (Phi) is 3.61. The van der Waals surface area contributed by atoms with Crippen LogP contribution in [0.5, 0.6) is 0 Å². The van der Waals surface area contributed by atoms with E-state index in [1.165, 1.54) is 12.1 Å². The third-order valence-electron chi connectivity index (χ3n) is 3.40. The molecule has 2 aromatic carbocycles. The van der Waals surface area contributed by atoms with Gasteiger partial charge in [-0.05, 0) is 36.3 Å². The maximum absolute atomic E-state index is 10.8. The fraction of sp³-hybridized carbons (Fsp3) is 0.0588. The van der Waals surface area contributed by atoms with E-state index in [1.807, 2.05) is 25.1 Å². The zero-order valence-electron chi connectivity index (χ0n) is 12.3. The summed E-state index contributed by atoms with van der Waals surface area (Å²) in [6.07, 6.45) is 1.58. The van der Waals surface area contributed by atoms with Crippen LogP contribution in [0, 0.1) is 28.4 Å². The summed E-state index contributed by atoms with van der Waals surface area (Å²) in [6.45, 7) is 1.98. The van der Waals surface area contributed by atoms with Crippen LogP contribution < -0.4 is 0 Å². The number of non-ortho nitro benzene ring substituents is 1. The van der Waals surface area contributed by atoms with Crippen LogP contribution in [-0.4, -0.2) is 14.9 Å². The van der Waals surface area contributed by atoms with E-state index in [0.29, 0.717) is 17.0 Å². The smallest absolute Gasteiger partial charge is 0.270 e. The highest BCUT2D eigenvalue weighted by Gasteiger charge is 2.10. The van der Waals surface area contributed by atoms with Crippen LogP contribution in [0.3, 0.4) is 0 Å². The lowest BCUT2D eigenvalue weighted by Crippen LogP contribution is -1.89. The second kappa shape index (κ2) is 5.73. The number of nitro groups is 1. The summed E-state index contributed by atoms with van der Waals surface area (Å²) in [6, 6.07) is 14.0. The van der Waals surface area contributed by atoms with Crippen molar-refractivity contribution in [3.8, 4) is 6.07 Å². The van der Waals surface area contributed by atoms with Crippen LogP contribution in [0.15, 0.2) is 42.5 Å². The molecule has 6 nitrogen and oxygen atoms in total. The van der Waals surface area contributed by atoms with Gasteiger partial charge in [0.15, 0.2) is 0 Å². The first-order valence-electron chi connectivity index (χ1n) is 6.90. The lowest BCUT2D eigenvalue weighted by Gasteiger charge is -1.96. The van der Waals surface area contributed by atoms with Crippen molar-refractivity contribution in [2.24, 2.45) is 0 Å². The van der Waals surface area contributed by atoms with Gasteiger partial charge in [0.05, 0.1) is 21.5 Å². The molecule has 3 rings (SSSR count). The molecule has 0 saturated carbocycles. The summed E-state index contributed by atoms with van der Waals surface area (Å²) in [4.78, 5) is 17.9. The highest BCUT2D eigenvalue weighted by molar-refractivity contribution is 5.90. The molecule has 0 radical (unpaired) electrons. The number of nitrogens with zero attached hydrogens (tertiary/aromatic N) is 3. The summed E-state index contributed by atoms with van der Waals surface area (Å²) in [7, 11) is 0. The van der Waals surface area contributed by atoms with Gasteiger partial charge < -0.3 is 4.98 Å². The van der Waals surface area contributed by atoms with E-state index in [4.69, 9.17) is 0 Å². The number of benzene rings is 2. The Morgan fingerprint density at radius 2 is 2.17 bits per heavy atom. The Hall–Kier alpha value is -3.46. The third-order valence-corrected chi connectivity index (χ3v) is 3.40. The Bertz CT molecular complexity index is 980. The second-order valence-corrected chi connectivity index (χ2v) is 5.13. The number of fused-ring (bicyclic) bond motifs is 1. The van der Waals surface area contributed by atoms with Crippen LogP contribution in [0.2, 0.25) is 0 Å². The van der Waals surface area contributed by atoms with Gasteiger partial charge >= 0.3 is 0 Å². The zero-order chi connectivity index (χ0) is 16.4. The number of hydrogen-bond acceptors (Lipinski definition) is 4. The number of nitriles is 1. The molecule has 23 heavy (non-hydrogen) atoms. The van der Waals surface area contributed by atoms with E-state index >= 15 is 0 Å². The van der Waals surface area contributed by atoms with Crippen LogP contribution in [0.1, 0.15) is 17.0 Å². The van der Waals surface area contributed by atoms with Gasteiger partial charge in [-0.1, -0.05) is 18.2 Å². The molecule has 0 bridgehead atoms. The van der Waals surface area contributed by atoms with E-state index in [2.05, 4.69) is 16.0 Å². The van der Waals surface area contributed by atoms with Gasteiger partial charge in [-0.3, -0.25) is 10.1 Å². The number of nitro benzene ring substituents is 1. The van der Waals surface area contributed by atoms with Crippen molar-refractivity contribution in [3.05, 3.63) is 69.5 Å². The molecule has 0 atom stereocenters. The van der Waals surface area contributed by atoms with Crippen molar-refractivity contribution >= 4 is 28.4 Å². The number of aromatic amines is 1. The molecule has 112 valence electrons. The molecule has 0 amide bonds. The van der Waals surface area contributed by atoms with Gasteiger partial charge in [0.1, 0.15) is 11.9 Å². The highest BCUT2D eigenvalue weighted by atomic mass is 16.6. The van der Waals surface area contributed by atoms with Crippen LogP contribution >= 0.6 is 0 Å². The molecule has 3 aromatic rings. The van der Waals surface area contributed by atoms with Gasteiger partial charge in [0.25, 0.3) is 5.69 Å².